The van der Waals surface area contributed by atoms with E-state index in [1.54, 1.807) is 36.1 Å². The van der Waals surface area contributed by atoms with Crippen molar-refractivity contribution in [3.8, 4) is 17.1 Å². The van der Waals surface area contributed by atoms with E-state index < -0.39 is 17.0 Å². The summed E-state index contributed by atoms with van der Waals surface area (Å²) in [6.07, 6.45) is -4.51. The normalized spacial score (nSPS) is 15.5. The van der Waals surface area contributed by atoms with Gasteiger partial charge in [-0.1, -0.05) is 41.6 Å². The van der Waals surface area contributed by atoms with Crippen LogP contribution in [0, 0.1) is 0 Å². The number of morpholine rings is 1. The molecule has 3 aromatic rings. The van der Waals surface area contributed by atoms with Crippen LogP contribution in [0.4, 0.5) is 13.2 Å². The predicted molar refractivity (Wildman–Crippen MR) is 120 cm³/mol. The number of halogens is 4. The summed E-state index contributed by atoms with van der Waals surface area (Å²) in [5.74, 6) is 0.189. The largest absolute Gasteiger partial charge is 0.416 e. The number of benzene rings is 2. The number of amides is 1. The van der Waals surface area contributed by atoms with Crippen LogP contribution < -0.4 is 0 Å². The number of carbonyl (C=O) groups is 1. The molecule has 174 valence electrons. The summed E-state index contributed by atoms with van der Waals surface area (Å²) in [7, 11) is 0. The Bertz CT molecular complexity index is 1150. The van der Waals surface area contributed by atoms with E-state index >= 15 is 0 Å². The molecule has 6 nitrogen and oxygen atoms in total. The van der Waals surface area contributed by atoms with Gasteiger partial charge in [-0.2, -0.15) is 13.2 Å². The molecule has 1 aliphatic rings. The van der Waals surface area contributed by atoms with Gasteiger partial charge < -0.3 is 9.64 Å². The highest BCUT2D eigenvalue weighted by atomic mass is 35.5. The molecule has 0 saturated carbocycles. The smallest absolute Gasteiger partial charge is 0.378 e. The average Bonchev–Trinajstić information content (AvgIpc) is 3.22. The lowest BCUT2D eigenvalue weighted by atomic mass is 10.1. The molecule has 1 unspecified atom stereocenters. The van der Waals surface area contributed by atoms with Gasteiger partial charge in [-0.3, -0.25) is 9.36 Å². The third kappa shape index (κ3) is 5.18. The number of ether oxygens (including phenoxy) is 1. The number of carbonyl (C=O) groups excluding carboxylic acids is 1. The molecular formula is C22H20ClF3N4O2S. The molecule has 4 rings (SSSR count). The van der Waals surface area contributed by atoms with E-state index in [1.807, 2.05) is 0 Å². The first-order chi connectivity index (χ1) is 15.8. The summed E-state index contributed by atoms with van der Waals surface area (Å²) in [6.45, 7) is 3.67. The number of aromatic nitrogens is 3. The minimum atomic E-state index is -4.51. The molecule has 2 aromatic carbocycles. The molecule has 1 aromatic heterocycles. The number of alkyl halides is 3. The highest BCUT2D eigenvalue weighted by Crippen LogP contribution is 2.36. The second kappa shape index (κ2) is 9.74. The minimum absolute atomic E-state index is 0.0961. The number of nitrogens with zero attached hydrogens (tertiary/aromatic N) is 4. The van der Waals surface area contributed by atoms with Gasteiger partial charge in [0.15, 0.2) is 11.0 Å². The number of hydrogen-bond donors (Lipinski definition) is 0. The van der Waals surface area contributed by atoms with E-state index in [2.05, 4.69) is 10.2 Å². The average molecular weight is 497 g/mol. The summed E-state index contributed by atoms with van der Waals surface area (Å²) in [6, 6.07) is 11.8. The summed E-state index contributed by atoms with van der Waals surface area (Å²) in [4.78, 5) is 14.6. The molecule has 0 radical (unpaired) electrons. The molecular weight excluding hydrogens is 477 g/mol. The highest BCUT2D eigenvalue weighted by Gasteiger charge is 2.32. The molecule has 33 heavy (non-hydrogen) atoms. The van der Waals surface area contributed by atoms with Crippen molar-refractivity contribution in [3.05, 3.63) is 59.1 Å². The van der Waals surface area contributed by atoms with Crippen molar-refractivity contribution in [1.29, 1.82) is 0 Å². The number of rotatable bonds is 5. The molecule has 0 N–H and O–H groups in total. The molecule has 11 heteroatoms. The van der Waals surface area contributed by atoms with Crippen LogP contribution in [-0.2, 0) is 15.7 Å². The van der Waals surface area contributed by atoms with E-state index in [9.17, 15) is 18.0 Å². The molecule has 0 bridgehead atoms. The fraction of sp³-hybridized carbons (Fsp3) is 0.318. The molecule has 1 aliphatic heterocycles. The lowest BCUT2D eigenvalue weighted by molar-refractivity contribution is -0.137. The van der Waals surface area contributed by atoms with Crippen molar-refractivity contribution in [2.45, 2.75) is 23.5 Å². The van der Waals surface area contributed by atoms with E-state index in [1.165, 1.54) is 16.7 Å². The maximum Gasteiger partial charge on any atom is 0.416 e. The van der Waals surface area contributed by atoms with E-state index in [0.29, 0.717) is 42.0 Å². The van der Waals surface area contributed by atoms with Gasteiger partial charge in [0, 0.05) is 18.7 Å². The monoisotopic (exact) mass is 496 g/mol. The standard InChI is InChI=1S/C22H20ClF3N4O2S/c1-14(20(31)29-9-11-32-12-10-29)33-21-28-27-19(17-7-2-3-8-18(17)23)30(21)16-6-4-5-15(13-16)22(24,25)26/h2-8,13-14H,9-12H2,1H3. The van der Waals surface area contributed by atoms with E-state index in [-0.39, 0.29) is 17.4 Å². The first kappa shape index (κ1) is 23.6. The van der Waals surface area contributed by atoms with Crippen LogP contribution >= 0.6 is 23.4 Å². The fourth-order valence-electron chi connectivity index (χ4n) is 3.47. The highest BCUT2D eigenvalue weighted by molar-refractivity contribution is 8.00. The summed E-state index contributed by atoms with van der Waals surface area (Å²) < 4.78 is 47.0. The molecule has 2 heterocycles. The molecule has 1 amide bonds. The maximum atomic E-state index is 13.4. The Hall–Kier alpha value is -2.56. The Kier molecular flexibility index (Phi) is 6.96. The van der Waals surface area contributed by atoms with Crippen LogP contribution in [0.15, 0.2) is 53.7 Å². The minimum Gasteiger partial charge on any atom is -0.378 e. The zero-order valence-electron chi connectivity index (χ0n) is 17.6. The van der Waals surface area contributed by atoms with Gasteiger partial charge in [0.2, 0.25) is 5.91 Å². The van der Waals surface area contributed by atoms with Crippen LogP contribution in [0.1, 0.15) is 12.5 Å². The zero-order valence-corrected chi connectivity index (χ0v) is 19.1. The summed E-state index contributed by atoms with van der Waals surface area (Å²) >= 11 is 7.48. The SMILES string of the molecule is CC(Sc1nnc(-c2ccccc2Cl)n1-c1cccc(C(F)(F)F)c1)C(=O)N1CCOCC1. The fourth-order valence-corrected chi connectivity index (χ4v) is 4.64. The third-order valence-corrected chi connectivity index (χ3v) is 6.49. The van der Waals surface area contributed by atoms with Crippen molar-refractivity contribution >= 4 is 29.3 Å². The summed E-state index contributed by atoms with van der Waals surface area (Å²) in [5, 5.41) is 8.57. The number of thioether (sulfide) groups is 1. The van der Waals surface area contributed by atoms with Crippen molar-refractivity contribution in [2.24, 2.45) is 0 Å². The zero-order chi connectivity index (χ0) is 23.6. The van der Waals surface area contributed by atoms with Gasteiger partial charge in [-0.15, -0.1) is 10.2 Å². The first-order valence-corrected chi connectivity index (χ1v) is 11.4. The number of hydrogen-bond acceptors (Lipinski definition) is 5. The van der Waals surface area contributed by atoms with Crippen LogP contribution in [0.25, 0.3) is 17.1 Å². The lowest BCUT2D eigenvalue weighted by Gasteiger charge is -2.28. The van der Waals surface area contributed by atoms with Crippen LogP contribution in [0.5, 0.6) is 0 Å². The van der Waals surface area contributed by atoms with Crippen LogP contribution in [0.3, 0.4) is 0 Å². The van der Waals surface area contributed by atoms with Gasteiger partial charge in [0.05, 0.1) is 34.7 Å². The molecule has 1 atom stereocenters. The predicted octanol–water partition coefficient (Wildman–Crippen LogP) is 4.95. The third-order valence-electron chi connectivity index (χ3n) is 5.13. The van der Waals surface area contributed by atoms with Gasteiger partial charge >= 0.3 is 6.18 Å². The van der Waals surface area contributed by atoms with Crippen molar-refractivity contribution in [1.82, 2.24) is 19.7 Å². The van der Waals surface area contributed by atoms with Crippen molar-refractivity contribution in [2.75, 3.05) is 26.3 Å². The molecule has 1 saturated heterocycles. The Labute approximate surface area is 197 Å². The van der Waals surface area contributed by atoms with Gasteiger partial charge in [-0.05, 0) is 37.3 Å². The Morgan fingerprint density at radius 1 is 1.12 bits per heavy atom. The molecule has 0 aliphatic carbocycles. The first-order valence-electron chi connectivity index (χ1n) is 10.2. The van der Waals surface area contributed by atoms with Crippen molar-refractivity contribution in [3.63, 3.8) is 0 Å². The molecule has 1 fully saturated rings. The second-order valence-electron chi connectivity index (χ2n) is 7.37. The lowest BCUT2D eigenvalue weighted by Crippen LogP contribution is -2.44. The summed E-state index contributed by atoms with van der Waals surface area (Å²) in [5.41, 5.74) is -0.0615. The Morgan fingerprint density at radius 3 is 2.55 bits per heavy atom. The topological polar surface area (TPSA) is 60.2 Å². The second-order valence-corrected chi connectivity index (χ2v) is 9.08. The molecule has 0 spiro atoms. The maximum absolute atomic E-state index is 13.4. The van der Waals surface area contributed by atoms with Crippen molar-refractivity contribution < 1.29 is 22.7 Å². The quantitative estimate of drug-likeness (QED) is 0.468. The van der Waals surface area contributed by atoms with Gasteiger partial charge in [-0.25, -0.2) is 0 Å². The van der Waals surface area contributed by atoms with Gasteiger partial charge in [0.1, 0.15) is 0 Å². The Morgan fingerprint density at radius 2 is 1.85 bits per heavy atom. The van der Waals surface area contributed by atoms with Gasteiger partial charge in [0.25, 0.3) is 0 Å². The van der Waals surface area contributed by atoms with E-state index in [4.69, 9.17) is 16.3 Å². The van der Waals surface area contributed by atoms with Crippen LogP contribution in [0.2, 0.25) is 5.02 Å². The Balaban J connectivity index is 1.75. The van der Waals surface area contributed by atoms with Crippen LogP contribution in [-0.4, -0.2) is 57.1 Å². The van der Waals surface area contributed by atoms with E-state index in [0.717, 1.165) is 23.9 Å².